The minimum Gasteiger partial charge on any atom is -0.324 e. The van der Waals surface area contributed by atoms with Crippen molar-refractivity contribution in [1.82, 2.24) is 10.2 Å². The van der Waals surface area contributed by atoms with E-state index in [4.69, 9.17) is 0 Å². The van der Waals surface area contributed by atoms with Gasteiger partial charge in [0.25, 0.3) is 0 Å². The predicted octanol–water partition coefficient (Wildman–Crippen LogP) is 1.90. The molecule has 0 aromatic heterocycles. The van der Waals surface area contributed by atoms with Crippen LogP contribution >= 0.6 is 0 Å². The average Bonchev–Trinajstić information content (AvgIpc) is 2.76. The number of hydrogen-bond donors (Lipinski definition) is 2. The highest BCUT2D eigenvalue weighted by molar-refractivity contribution is 6.04. The van der Waals surface area contributed by atoms with Crippen molar-refractivity contribution in [2.75, 3.05) is 32.0 Å². The molecule has 0 bridgehead atoms. The van der Waals surface area contributed by atoms with E-state index < -0.39 is 0 Å². The average molecular weight is 303 g/mol. The Labute approximate surface area is 132 Å². The number of benzene rings is 1. The van der Waals surface area contributed by atoms with E-state index in [2.05, 4.69) is 15.5 Å². The third kappa shape index (κ3) is 4.64. The first kappa shape index (κ1) is 16.6. The minimum absolute atomic E-state index is 0.0425. The van der Waals surface area contributed by atoms with Crippen LogP contribution in [-0.2, 0) is 4.79 Å². The van der Waals surface area contributed by atoms with Gasteiger partial charge >= 0.3 is 0 Å². The van der Waals surface area contributed by atoms with Crippen molar-refractivity contribution in [3.63, 3.8) is 0 Å². The molecule has 1 atom stereocenters. The molecular weight excluding hydrogens is 278 g/mol. The fraction of sp³-hybridized carbons (Fsp3) is 0.529. The van der Waals surface area contributed by atoms with Crippen LogP contribution in [0.25, 0.3) is 0 Å². The summed E-state index contributed by atoms with van der Waals surface area (Å²) in [6, 6.07) is 7.56. The zero-order chi connectivity index (χ0) is 15.9. The van der Waals surface area contributed by atoms with Gasteiger partial charge in [0.05, 0.1) is 12.2 Å². The Balaban J connectivity index is 1.93. The smallest absolute Gasteiger partial charge is 0.238 e. The lowest BCUT2D eigenvalue weighted by Crippen LogP contribution is -2.38. The second-order valence-electron chi connectivity index (χ2n) is 5.90. The zero-order valence-corrected chi connectivity index (χ0v) is 13.4. The molecule has 5 heteroatoms. The second kappa shape index (κ2) is 8.06. The number of amides is 1. The molecule has 1 amide bonds. The van der Waals surface area contributed by atoms with E-state index in [-0.39, 0.29) is 11.7 Å². The Bertz CT molecular complexity index is 522. The summed E-state index contributed by atoms with van der Waals surface area (Å²) in [6.07, 6.45) is 3.32. The Morgan fingerprint density at radius 1 is 1.27 bits per heavy atom. The van der Waals surface area contributed by atoms with Gasteiger partial charge in [0.15, 0.2) is 5.78 Å². The lowest BCUT2D eigenvalue weighted by Gasteiger charge is -2.26. The molecule has 1 aliphatic heterocycles. The minimum atomic E-state index is -0.0755. The van der Waals surface area contributed by atoms with Crippen LogP contribution in [0.5, 0.6) is 0 Å². The summed E-state index contributed by atoms with van der Waals surface area (Å²) in [5, 5.41) is 6.24. The Morgan fingerprint density at radius 3 is 2.82 bits per heavy atom. The summed E-state index contributed by atoms with van der Waals surface area (Å²) in [4.78, 5) is 25.9. The van der Waals surface area contributed by atoms with Crippen LogP contribution in [0.1, 0.15) is 36.5 Å². The molecule has 22 heavy (non-hydrogen) atoms. The number of anilines is 1. The van der Waals surface area contributed by atoms with Crippen LogP contribution in [0.2, 0.25) is 0 Å². The molecule has 2 N–H and O–H groups in total. The van der Waals surface area contributed by atoms with Crippen LogP contribution in [0.4, 0.5) is 5.69 Å². The summed E-state index contributed by atoms with van der Waals surface area (Å²) >= 11 is 0. The van der Waals surface area contributed by atoms with Crippen LogP contribution in [0.15, 0.2) is 24.3 Å². The first-order valence-corrected chi connectivity index (χ1v) is 7.88. The number of Topliss-reactive ketones (excluding diaryl/α,β-unsaturated/α-hetero) is 1. The topological polar surface area (TPSA) is 61.4 Å². The molecule has 120 valence electrons. The molecule has 0 radical (unpaired) electrons. The number of nitrogens with one attached hydrogen (secondary N) is 2. The largest absolute Gasteiger partial charge is 0.324 e. The SMILES string of the molecule is CC(=O)c1ccccc1NC(=O)CN(C)C1CCCNCC1. The van der Waals surface area contributed by atoms with Gasteiger partial charge in [-0.15, -0.1) is 0 Å². The van der Waals surface area contributed by atoms with Gasteiger partial charge in [0, 0.05) is 11.6 Å². The maximum Gasteiger partial charge on any atom is 0.238 e. The van der Waals surface area contributed by atoms with Gasteiger partial charge < -0.3 is 10.6 Å². The van der Waals surface area contributed by atoms with Gasteiger partial charge in [0.2, 0.25) is 5.91 Å². The number of rotatable bonds is 5. The molecule has 1 saturated heterocycles. The molecule has 2 rings (SSSR count). The predicted molar refractivity (Wildman–Crippen MR) is 88.2 cm³/mol. The zero-order valence-electron chi connectivity index (χ0n) is 13.4. The Morgan fingerprint density at radius 2 is 2.05 bits per heavy atom. The number of carbonyl (C=O) groups is 2. The summed E-state index contributed by atoms with van der Waals surface area (Å²) < 4.78 is 0. The summed E-state index contributed by atoms with van der Waals surface area (Å²) in [5.74, 6) is -0.118. The van der Waals surface area contributed by atoms with Crippen LogP contribution in [0, 0.1) is 0 Å². The lowest BCUT2D eigenvalue weighted by molar-refractivity contribution is -0.117. The van der Waals surface area contributed by atoms with Crippen molar-refractivity contribution < 1.29 is 9.59 Å². The molecule has 1 aliphatic rings. The fourth-order valence-electron chi connectivity index (χ4n) is 2.89. The van der Waals surface area contributed by atoms with Crippen LogP contribution in [0.3, 0.4) is 0 Å². The van der Waals surface area contributed by atoms with Crippen LogP contribution < -0.4 is 10.6 Å². The van der Waals surface area contributed by atoms with E-state index in [9.17, 15) is 9.59 Å². The summed E-state index contributed by atoms with van der Waals surface area (Å²) in [5.41, 5.74) is 1.15. The maximum atomic E-state index is 12.2. The molecule has 0 spiro atoms. The highest BCUT2D eigenvalue weighted by atomic mass is 16.2. The van der Waals surface area contributed by atoms with E-state index >= 15 is 0 Å². The van der Waals surface area contributed by atoms with Crippen molar-refractivity contribution in [2.45, 2.75) is 32.2 Å². The van der Waals surface area contributed by atoms with Gasteiger partial charge in [-0.05, 0) is 58.5 Å². The number of nitrogens with zero attached hydrogens (tertiary/aromatic N) is 1. The van der Waals surface area contributed by atoms with Crippen molar-refractivity contribution in [2.24, 2.45) is 0 Å². The van der Waals surface area contributed by atoms with E-state index in [0.717, 1.165) is 32.4 Å². The van der Waals surface area contributed by atoms with Crippen molar-refractivity contribution in [1.29, 1.82) is 0 Å². The van der Waals surface area contributed by atoms with Crippen molar-refractivity contribution in [3.05, 3.63) is 29.8 Å². The molecule has 0 aliphatic carbocycles. The highest BCUT2D eigenvalue weighted by Crippen LogP contribution is 2.16. The van der Waals surface area contributed by atoms with E-state index in [1.807, 2.05) is 13.1 Å². The maximum absolute atomic E-state index is 12.2. The molecule has 1 aromatic rings. The Kier molecular flexibility index (Phi) is 6.10. The first-order valence-electron chi connectivity index (χ1n) is 7.88. The van der Waals surface area contributed by atoms with Crippen LogP contribution in [-0.4, -0.2) is 49.3 Å². The van der Waals surface area contributed by atoms with Gasteiger partial charge in [0.1, 0.15) is 0 Å². The van der Waals surface area contributed by atoms with Crippen molar-refractivity contribution in [3.8, 4) is 0 Å². The molecule has 1 fully saturated rings. The third-order valence-electron chi connectivity index (χ3n) is 4.14. The quantitative estimate of drug-likeness (QED) is 0.816. The number of carbonyl (C=O) groups excluding carboxylic acids is 2. The molecule has 1 heterocycles. The van der Waals surface area contributed by atoms with E-state index in [1.165, 1.54) is 6.92 Å². The number of ketones is 1. The van der Waals surface area contributed by atoms with Gasteiger partial charge in [-0.1, -0.05) is 12.1 Å². The van der Waals surface area contributed by atoms with Gasteiger partial charge in [-0.25, -0.2) is 0 Å². The van der Waals surface area contributed by atoms with Gasteiger partial charge in [-0.2, -0.15) is 0 Å². The standard InChI is InChI=1S/C17H25N3O2/c1-13(21)15-7-3-4-8-16(15)19-17(22)12-20(2)14-6-5-10-18-11-9-14/h3-4,7-8,14,18H,5-6,9-12H2,1-2H3,(H,19,22). The number of para-hydroxylation sites is 1. The van der Waals surface area contributed by atoms with Crippen molar-refractivity contribution >= 4 is 17.4 Å². The Hall–Kier alpha value is -1.72. The third-order valence-corrected chi connectivity index (χ3v) is 4.14. The highest BCUT2D eigenvalue weighted by Gasteiger charge is 2.19. The summed E-state index contributed by atoms with van der Waals surface area (Å²) in [7, 11) is 1.99. The molecule has 5 nitrogen and oxygen atoms in total. The normalized spacial score (nSPS) is 18.8. The fourth-order valence-corrected chi connectivity index (χ4v) is 2.89. The van der Waals surface area contributed by atoms with E-state index in [0.29, 0.717) is 23.8 Å². The van der Waals surface area contributed by atoms with Gasteiger partial charge in [-0.3, -0.25) is 14.5 Å². The number of likely N-dealkylation sites (N-methyl/N-ethyl adjacent to an activating group) is 1. The lowest BCUT2D eigenvalue weighted by atomic mass is 10.1. The molecule has 0 saturated carbocycles. The monoisotopic (exact) mass is 303 g/mol. The molecule has 1 aromatic carbocycles. The second-order valence-corrected chi connectivity index (χ2v) is 5.90. The van der Waals surface area contributed by atoms with E-state index in [1.54, 1.807) is 18.2 Å². The molecular formula is C17H25N3O2. The summed E-state index contributed by atoms with van der Waals surface area (Å²) in [6.45, 7) is 3.92. The number of hydrogen-bond acceptors (Lipinski definition) is 4. The first-order chi connectivity index (χ1) is 10.6. The molecule has 1 unspecified atom stereocenters.